The molecular weight excluding hydrogens is 124 g/mol. The second-order valence-corrected chi connectivity index (χ2v) is 2.45. The largest absolute Gasteiger partial charge is 0.302 e. The van der Waals surface area contributed by atoms with Crippen molar-refractivity contribution in [2.75, 3.05) is 19.6 Å². The summed E-state index contributed by atoms with van der Waals surface area (Å²) in [4.78, 5) is 2.39. The molecule has 0 rings (SSSR count). The second kappa shape index (κ2) is 5.69. The van der Waals surface area contributed by atoms with Crippen LogP contribution in [0.25, 0.3) is 0 Å². The summed E-state index contributed by atoms with van der Waals surface area (Å²) in [6, 6.07) is 0. The summed E-state index contributed by atoms with van der Waals surface area (Å²) >= 11 is 0. The first-order chi connectivity index (χ1) is 4.76. The fraction of sp³-hybridized carbons (Fsp3) is 1.00. The molecule has 0 fully saturated rings. The highest BCUT2D eigenvalue weighted by molar-refractivity contribution is 4.59. The van der Waals surface area contributed by atoms with Gasteiger partial charge >= 0.3 is 0 Å². The van der Waals surface area contributed by atoms with E-state index in [4.69, 9.17) is 0 Å². The monoisotopic (exact) mass is 144 g/mol. The summed E-state index contributed by atoms with van der Waals surface area (Å²) in [5.74, 6) is 0. The SMILES string of the molecule is CCNC(C)N(CC)CC. The van der Waals surface area contributed by atoms with Gasteiger partial charge in [-0.05, 0) is 26.6 Å². The zero-order valence-corrected chi connectivity index (χ0v) is 7.65. The fourth-order valence-electron chi connectivity index (χ4n) is 1.20. The zero-order valence-electron chi connectivity index (χ0n) is 7.65. The molecule has 0 aliphatic rings. The van der Waals surface area contributed by atoms with Gasteiger partial charge in [0.2, 0.25) is 0 Å². The molecular formula is C8H20N2. The number of hydrogen-bond acceptors (Lipinski definition) is 2. The number of nitrogens with one attached hydrogen (secondary N) is 1. The van der Waals surface area contributed by atoms with Gasteiger partial charge in [-0.2, -0.15) is 0 Å². The molecule has 1 unspecified atom stereocenters. The van der Waals surface area contributed by atoms with Gasteiger partial charge in [-0.25, -0.2) is 0 Å². The molecule has 0 aromatic heterocycles. The standard InChI is InChI=1S/C8H20N2/c1-5-9-8(4)10(6-2)7-3/h8-9H,5-7H2,1-4H3. The van der Waals surface area contributed by atoms with Crippen molar-refractivity contribution in [3.05, 3.63) is 0 Å². The molecule has 0 bridgehead atoms. The second-order valence-electron chi connectivity index (χ2n) is 2.45. The Morgan fingerprint density at radius 3 is 2.00 bits per heavy atom. The van der Waals surface area contributed by atoms with E-state index in [9.17, 15) is 0 Å². The van der Waals surface area contributed by atoms with Gasteiger partial charge in [-0.15, -0.1) is 0 Å². The molecule has 10 heavy (non-hydrogen) atoms. The van der Waals surface area contributed by atoms with Crippen LogP contribution in [0.4, 0.5) is 0 Å². The minimum Gasteiger partial charge on any atom is -0.302 e. The molecule has 0 radical (unpaired) electrons. The molecule has 0 aromatic carbocycles. The van der Waals surface area contributed by atoms with Gasteiger partial charge in [0.25, 0.3) is 0 Å². The summed E-state index contributed by atoms with van der Waals surface area (Å²) in [6.07, 6.45) is 0.528. The average Bonchev–Trinajstić information content (AvgIpc) is 1.91. The van der Waals surface area contributed by atoms with E-state index in [-0.39, 0.29) is 0 Å². The van der Waals surface area contributed by atoms with E-state index < -0.39 is 0 Å². The molecule has 0 aliphatic carbocycles. The maximum atomic E-state index is 3.37. The van der Waals surface area contributed by atoms with Crippen molar-refractivity contribution >= 4 is 0 Å². The van der Waals surface area contributed by atoms with Crippen molar-refractivity contribution < 1.29 is 0 Å². The Hall–Kier alpha value is -0.0800. The zero-order chi connectivity index (χ0) is 7.98. The van der Waals surface area contributed by atoms with E-state index in [1.54, 1.807) is 0 Å². The summed E-state index contributed by atoms with van der Waals surface area (Å²) in [6.45, 7) is 12.0. The Kier molecular flexibility index (Phi) is 5.64. The maximum absolute atomic E-state index is 3.37. The van der Waals surface area contributed by atoms with E-state index in [2.05, 4.69) is 37.9 Å². The lowest BCUT2D eigenvalue weighted by Gasteiger charge is -2.26. The van der Waals surface area contributed by atoms with Crippen molar-refractivity contribution in [1.29, 1.82) is 0 Å². The number of nitrogens with zero attached hydrogens (tertiary/aromatic N) is 1. The average molecular weight is 144 g/mol. The number of rotatable bonds is 5. The third-order valence-electron chi connectivity index (χ3n) is 1.86. The molecule has 2 nitrogen and oxygen atoms in total. The van der Waals surface area contributed by atoms with Gasteiger partial charge in [0, 0.05) is 0 Å². The molecule has 1 atom stereocenters. The highest BCUT2D eigenvalue weighted by Gasteiger charge is 2.06. The summed E-state index contributed by atoms with van der Waals surface area (Å²) in [7, 11) is 0. The van der Waals surface area contributed by atoms with Gasteiger partial charge in [0.15, 0.2) is 0 Å². The molecule has 62 valence electrons. The predicted octanol–water partition coefficient (Wildman–Crippen LogP) is 1.28. The van der Waals surface area contributed by atoms with Gasteiger partial charge in [-0.1, -0.05) is 20.8 Å². The quantitative estimate of drug-likeness (QED) is 0.585. The third kappa shape index (κ3) is 3.18. The first-order valence-electron chi connectivity index (χ1n) is 4.23. The Labute approximate surface area is 64.6 Å². The van der Waals surface area contributed by atoms with Crippen molar-refractivity contribution in [2.45, 2.75) is 33.9 Å². The van der Waals surface area contributed by atoms with Crippen molar-refractivity contribution in [2.24, 2.45) is 0 Å². The molecule has 0 aromatic rings. The highest BCUT2D eigenvalue weighted by atomic mass is 15.2. The van der Waals surface area contributed by atoms with Crippen LogP contribution >= 0.6 is 0 Å². The van der Waals surface area contributed by atoms with Crippen LogP contribution in [0, 0.1) is 0 Å². The van der Waals surface area contributed by atoms with Gasteiger partial charge in [0.05, 0.1) is 6.17 Å². The molecule has 2 heteroatoms. The van der Waals surface area contributed by atoms with Gasteiger partial charge in [0.1, 0.15) is 0 Å². The third-order valence-corrected chi connectivity index (χ3v) is 1.86. The fourth-order valence-corrected chi connectivity index (χ4v) is 1.20. The molecule has 0 heterocycles. The first kappa shape index (κ1) is 9.92. The van der Waals surface area contributed by atoms with E-state index in [0.717, 1.165) is 19.6 Å². The topological polar surface area (TPSA) is 15.3 Å². The Morgan fingerprint density at radius 1 is 1.20 bits per heavy atom. The molecule has 1 N–H and O–H groups in total. The predicted molar refractivity (Wildman–Crippen MR) is 46.1 cm³/mol. The minimum absolute atomic E-state index is 0.528. The maximum Gasteiger partial charge on any atom is 0.0567 e. The van der Waals surface area contributed by atoms with Crippen LogP contribution < -0.4 is 5.32 Å². The van der Waals surface area contributed by atoms with Crippen LogP contribution in [-0.4, -0.2) is 30.7 Å². The van der Waals surface area contributed by atoms with Crippen LogP contribution in [0.15, 0.2) is 0 Å². The first-order valence-corrected chi connectivity index (χ1v) is 4.23. The van der Waals surface area contributed by atoms with E-state index in [1.165, 1.54) is 0 Å². The molecule has 0 spiro atoms. The Bertz CT molecular complexity index is 69.7. The summed E-state index contributed by atoms with van der Waals surface area (Å²) in [5, 5.41) is 3.37. The van der Waals surface area contributed by atoms with E-state index in [0.29, 0.717) is 6.17 Å². The van der Waals surface area contributed by atoms with Crippen molar-refractivity contribution in [3.8, 4) is 0 Å². The molecule has 0 saturated heterocycles. The van der Waals surface area contributed by atoms with Crippen LogP contribution in [-0.2, 0) is 0 Å². The Balaban J connectivity index is 3.53. The number of hydrogen-bond donors (Lipinski definition) is 1. The Morgan fingerprint density at radius 2 is 1.70 bits per heavy atom. The van der Waals surface area contributed by atoms with Gasteiger partial charge in [-0.3, -0.25) is 4.90 Å². The van der Waals surface area contributed by atoms with Crippen LogP contribution in [0.5, 0.6) is 0 Å². The lowest BCUT2D eigenvalue weighted by molar-refractivity contribution is 0.200. The summed E-state index contributed by atoms with van der Waals surface area (Å²) < 4.78 is 0. The summed E-state index contributed by atoms with van der Waals surface area (Å²) in [5.41, 5.74) is 0. The molecule has 0 saturated carbocycles. The van der Waals surface area contributed by atoms with Crippen LogP contribution in [0.2, 0.25) is 0 Å². The van der Waals surface area contributed by atoms with E-state index >= 15 is 0 Å². The lowest BCUT2D eigenvalue weighted by atomic mass is 10.4. The highest BCUT2D eigenvalue weighted by Crippen LogP contribution is 1.92. The lowest BCUT2D eigenvalue weighted by Crippen LogP contribution is -2.43. The van der Waals surface area contributed by atoms with Crippen LogP contribution in [0.1, 0.15) is 27.7 Å². The van der Waals surface area contributed by atoms with Gasteiger partial charge < -0.3 is 5.32 Å². The normalized spacial score (nSPS) is 14.1. The molecule has 0 amide bonds. The van der Waals surface area contributed by atoms with Crippen molar-refractivity contribution in [1.82, 2.24) is 10.2 Å². The smallest absolute Gasteiger partial charge is 0.0567 e. The van der Waals surface area contributed by atoms with Crippen molar-refractivity contribution in [3.63, 3.8) is 0 Å². The molecule has 0 aliphatic heterocycles. The van der Waals surface area contributed by atoms with E-state index in [1.807, 2.05) is 0 Å². The van der Waals surface area contributed by atoms with Crippen LogP contribution in [0.3, 0.4) is 0 Å². The minimum atomic E-state index is 0.528.